The summed E-state index contributed by atoms with van der Waals surface area (Å²) in [6.07, 6.45) is 4.47. The Labute approximate surface area is 165 Å². The number of carbonyl (C=O) groups excluding carboxylic acids is 1. The van der Waals surface area contributed by atoms with Crippen molar-refractivity contribution in [2.75, 3.05) is 20.8 Å². The van der Waals surface area contributed by atoms with Gasteiger partial charge in [0.15, 0.2) is 0 Å². The molecule has 0 saturated carbocycles. The Morgan fingerprint density at radius 1 is 1.04 bits per heavy atom. The number of esters is 1. The van der Waals surface area contributed by atoms with Crippen molar-refractivity contribution in [2.24, 2.45) is 5.92 Å². The Morgan fingerprint density at radius 2 is 1.75 bits per heavy atom. The van der Waals surface area contributed by atoms with Crippen LogP contribution in [0.25, 0.3) is 0 Å². The molecule has 0 bridgehead atoms. The minimum absolute atomic E-state index is 0.293. The molecule has 2 unspecified atom stereocenters. The van der Waals surface area contributed by atoms with Crippen LogP contribution in [0.5, 0.6) is 0 Å². The average molecular weight is 386 g/mol. The highest BCUT2D eigenvalue weighted by Crippen LogP contribution is 2.27. The monoisotopic (exact) mass is 386 g/mol. The molecule has 0 N–H and O–H groups in total. The maximum Gasteiger partial charge on any atom is 0.309 e. The van der Waals surface area contributed by atoms with Gasteiger partial charge < -0.3 is 14.2 Å². The number of allylic oxidation sites excluding steroid dienone is 1. The van der Waals surface area contributed by atoms with E-state index in [1.54, 1.807) is 19.2 Å². The second-order valence-corrected chi connectivity index (χ2v) is 6.44. The van der Waals surface area contributed by atoms with E-state index in [0.717, 1.165) is 11.1 Å². The van der Waals surface area contributed by atoms with Crippen molar-refractivity contribution in [3.8, 4) is 0 Å². The van der Waals surface area contributed by atoms with Gasteiger partial charge in [-0.25, -0.2) is 4.39 Å². The normalized spacial score (nSPS) is 13.4. The van der Waals surface area contributed by atoms with Crippen molar-refractivity contribution in [1.82, 2.24) is 0 Å². The van der Waals surface area contributed by atoms with E-state index in [-0.39, 0.29) is 23.8 Å². The number of benzene rings is 2. The molecule has 0 spiro atoms. The molecular weight excluding hydrogens is 359 g/mol. The van der Waals surface area contributed by atoms with E-state index in [1.165, 1.54) is 19.2 Å². The summed E-state index contributed by atoms with van der Waals surface area (Å²) in [5.41, 5.74) is 1.94. The Morgan fingerprint density at radius 3 is 2.39 bits per heavy atom. The molecule has 4 nitrogen and oxygen atoms in total. The smallest absolute Gasteiger partial charge is 0.309 e. The lowest BCUT2D eigenvalue weighted by Crippen LogP contribution is -2.19. The van der Waals surface area contributed by atoms with Gasteiger partial charge in [-0.3, -0.25) is 4.79 Å². The first kappa shape index (κ1) is 21.8. The molecule has 0 aromatic heterocycles. The van der Waals surface area contributed by atoms with Gasteiger partial charge in [-0.1, -0.05) is 54.6 Å². The molecule has 0 saturated heterocycles. The highest BCUT2D eigenvalue weighted by Gasteiger charge is 2.24. The number of rotatable bonds is 11. The van der Waals surface area contributed by atoms with Crippen molar-refractivity contribution in [1.29, 1.82) is 0 Å². The minimum atomic E-state index is -0.356. The van der Waals surface area contributed by atoms with Crippen LogP contribution in [0.4, 0.5) is 4.39 Å². The van der Waals surface area contributed by atoms with E-state index in [1.807, 2.05) is 42.5 Å². The Hall–Kier alpha value is -2.50. The SMILES string of the molecule is COC(=O)C(CC=CCOCc1ccccc1)CC(OC)c1ccc(F)cc1. The third-order valence-corrected chi connectivity index (χ3v) is 4.47. The van der Waals surface area contributed by atoms with Crippen LogP contribution in [0.1, 0.15) is 30.1 Å². The predicted molar refractivity (Wildman–Crippen MR) is 106 cm³/mol. The highest BCUT2D eigenvalue weighted by molar-refractivity contribution is 5.72. The van der Waals surface area contributed by atoms with E-state index in [0.29, 0.717) is 26.1 Å². The molecule has 28 heavy (non-hydrogen) atoms. The third-order valence-electron chi connectivity index (χ3n) is 4.47. The molecule has 0 aliphatic carbocycles. The summed E-state index contributed by atoms with van der Waals surface area (Å²) in [5.74, 6) is -0.953. The first-order valence-electron chi connectivity index (χ1n) is 9.26. The summed E-state index contributed by atoms with van der Waals surface area (Å²) in [6, 6.07) is 16.1. The lowest BCUT2D eigenvalue weighted by molar-refractivity contribution is -0.146. The number of methoxy groups -OCH3 is 2. The van der Waals surface area contributed by atoms with E-state index < -0.39 is 0 Å². The van der Waals surface area contributed by atoms with Gasteiger partial charge >= 0.3 is 5.97 Å². The van der Waals surface area contributed by atoms with Crippen molar-refractivity contribution in [3.05, 3.63) is 83.7 Å². The van der Waals surface area contributed by atoms with Crippen LogP contribution in [0.2, 0.25) is 0 Å². The van der Waals surface area contributed by atoms with E-state index in [4.69, 9.17) is 14.2 Å². The summed E-state index contributed by atoms with van der Waals surface area (Å²) in [7, 11) is 2.96. The summed E-state index contributed by atoms with van der Waals surface area (Å²) in [5, 5.41) is 0. The first-order valence-corrected chi connectivity index (χ1v) is 9.26. The lowest BCUT2D eigenvalue weighted by Gasteiger charge is -2.20. The van der Waals surface area contributed by atoms with Gasteiger partial charge in [0, 0.05) is 7.11 Å². The third kappa shape index (κ3) is 7.25. The Balaban J connectivity index is 1.86. The van der Waals surface area contributed by atoms with Crippen LogP contribution < -0.4 is 0 Å². The second-order valence-electron chi connectivity index (χ2n) is 6.44. The lowest BCUT2D eigenvalue weighted by atomic mass is 9.94. The fraction of sp³-hybridized carbons (Fsp3) is 0.348. The molecule has 2 aromatic rings. The highest BCUT2D eigenvalue weighted by atomic mass is 19.1. The van der Waals surface area contributed by atoms with E-state index >= 15 is 0 Å². The van der Waals surface area contributed by atoms with Crippen molar-refractivity contribution < 1.29 is 23.4 Å². The van der Waals surface area contributed by atoms with E-state index in [2.05, 4.69) is 0 Å². The van der Waals surface area contributed by atoms with Gasteiger partial charge in [0.05, 0.1) is 32.3 Å². The largest absolute Gasteiger partial charge is 0.469 e. The van der Waals surface area contributed by atoms with Crippen LogP contribution in [0.15, 0.2) is 66.7 Å². The molecule has 0 aliphatic rings. The van der Waals surface area contributed by atoms with Crippen LogP contribution >= 0.6 is 0 Å². The molecule has 2 aromatic carbocycles. The molecule has 0 amide bonds. The molecule has 0 radical (unpaired) electrons. The van der Waals surface area contributed by atoms with Crippen molar-refractivity contribution >= 4 is 5.97 Å². The average Bonchev–Trinajstić information content (AvgIpc) is 2.73. The zero-order valence-electron chi connectivity index (χ0n) is 16.3. The van der Waals surface area contributed by atoms with Gasteiger partial charge in [0.1, 0.15) is 5.82 Å². The maximum absolute atomic E-state index is 13.1. The van der Waals surface area contributed by atoms with E-state index in [9.17, 15) is 9.18 Å². The summed E-state index contributed by atoms with van der Waals surface area (Å²) in [6.45, 7) is 1.01. The maximum atomic E-state index is 13.1. The Kier molecular flexibility index (Phi) is 9.39. The molecule has 5 heteroatoms. The van der Waals surface area contributed by atoms with Gasteiger partial charge in [-0.2, -0.15) is 0 Å². The van der Waals surface area contributed by atoms with Gasteiger partial charge in [0.25, 0.3) is 0 Å². The number of hydrogen-bond donors (Lipinski definition) is 0. The molecule has 0 fully saturated rings. The number of hydrogen-bond acceptors (Lipinski definition) is 4. The van der Waals surface area contributed by atoms with Crippen LogP contribution in [-0.4, -0.2) is 26.8 Å². The van der Waals surface area contributed by atoms with Crippen molar-refractivity contribution in [2.45, 2.75) is 25.6 Å². The number of carbonyl (C=O) groups is 1. The fourth-order valence-corrected chi connectivity index (χ4v) is 2.91. The van der Waals surface area contributed by atoms with Crippen LogP contribution in [0, 0.1) is 11.7 Å². The summed E-state index contributed by atoms with van der Waals surface area (Å²) in [4.78, 5) is 12.2. The molecular formula is C23H27FO4. The standard InChI is InChI=1S/C23H27FO4/c1-26-22(19-11-13-21(24)14-12-19)16-20(23(25)27-2)10-6-7-15-28-17-18-8-4-3-5-9-18/h3-9,11-14,20,22H,10,15-17H2,1-2H3. The molecule has 0 heterocycles. The van der Waals surface area contributed by atoms with Gasteiger partial charge in [0.2, 0.25) is 0 Å². The molecule has 2 atom stereocenters. The quantitative estimate of drug-likeness (QED) is 0.314. The van der Waals surface area contributed by atoms with Crippen LogP contribution in [0.3, 0.4) is 0 Å². The topological polar surface area (TPSA) is 44.8 Å². The Bertz CT molecular complexity index is 728. The van der Waals surface area contributed by atoms with Gasteiger partial charge in [-0.15, -0.1) is 0 Å². The van der Waals surface area contributed by atoms with Gasteiger partial charge in [-0.05, 0) is 36.1 Å². The van der Waals surface area contributed by atoms with Crippen molar-refractivity contribution in [3.63, 3.8) is 0 Å². The minimum Gasteiger partial charge on any atom is -0.469 e. The molecule has 2 rings (SSSR count). The fourth-order valence-electron chi connectivity index (χ4n) is 2.91. The number of ether oxygens (including phenoxy) is 3. The van der Waals surface area contributed by atoms with Crippen LogP contribution in [-0.2, 0) is 25.6 Å². The zero-order valence-corrected chi connectivity index (χ0v) is 16.3. The molecule has 150 valence electrons. The summed E-state index contributed by atoms with van der Waals surface area (Å²) >= 11 is 0. The first-order chi connectivity index (χ1) is 13.6. The second kappa shape index (κ2) is 12.1. The zero-order chi connectivity index (χ0) is 20.2. The number of halogens is 1. The predicted octanol–water partition coefficient (Wildman–Crippen LogP) is 4.86. The summed E-state index contributed by atoms with van der Waals surface area (Å²) < 4.78 is 29.2. The molecule has 0 aliphatic heterocycles.